The second kappa shape index (κ2) is 3.47. The zero-order valence-corrected chi connectivity index (χ0v) is 8.85. The van der Waals surface area contributed by atoms with Crippen molar-refractivity contribution in [3.05, 3.63) is 27.8 Å². The van der Waals surface area contributed by atoms with Gasteiger partial charge in [-0.25, -0.2) is 0 Å². The van der Waals surface area contributed by atoms with Gasteiger partial charge in [-0.3, -0.25) is 0 Å². The fraction of sp³-hybridized carbons (Fsp3) is 0. The molecule has 0 aliphatic rings. The normalized spacial score (nSPS) is 9.89. The van der Waals surface area contributed by atoms with Crippen LogP contribution in [0.3, 0.4) is 0 Å². The molecule has 1 nitrogen and oxygen atoms in total. The molecule has 1 atom stereocenters. The van der Waals surface area contributed by atoms with Gasteiger partial charge in [0.1, 0.15) is 0 Å². The van der Waals surface area contributed by atoms with E-state index in [4.69, 9.17) is 0 Å². The summed E-state index contributed by atoms with van der Waals surface area (Å²) in [6.45, 7) is 0. The van der Waals surface area contributed by atoms with Gasteiger partial charge in [-0.2, -0.15) is 0 Å². The predicted molar refractivity (Wildman–Crippen MR) is 46.6 cm³/mol. The van der Waals surface area contributed by atoms with Crippen molar-refractivity contribution in [1.29, 1.82) is 0 Å². The summed E-state index contributed by atoms with van der Waals surface area (Å²) in [5, 5.41) is 0. The Kier molecular flexibility index (Phi) is 2.86. The molecule has 0 bridgehead atoms. The number of halogens is 1. The summed E-state index contributed by atoms with van der Waals surface area (Å²) in [5.74, 6) is 0. The van der Waals surface area contributed by atoms with Crippen LogP contribution < -0.4 is 4.35 Å². The Morgan fingerprint density at radius 2 is 1.78 bits per heavy atom. The molecule has 0 aromatic heterocycles. The fourth-order valence-electron chi connectivity index (χ4n) is 0.518. The van der Waals surface area contributed by atoms with Crippen molar-refractivity contribution in [2.24, 2.45) is 0 Å². The van der Waals surface area contributed by atoms with Gasteiger partial charge < -0.3 is 0 Å². The van der Waals surface area contributed by atoms with Gasteiger partial charge in [0.25, 0.3) is 0 Å². The summed E-state index contributed by atoms with van der Waals surface area (Å²) < 4.78 is 12.5. The van der Waals surface area contributed by atoms with Crippen molar-refractivity contribution in [3.8, 4) is 0 Å². The van der Waals surface area contributed by atoms with Gasteiger partial charge in [-0.1, -0.05) is 0 Å². The third kappa shape index (κ3) is 2.18. The first kappa shape index (κ1) is 7.42. The molecule has 0 aliphatic heterocycles. The number of hydrogen-bond acceptors (Lipinski definition) is 1. The van der Waals surface area contributed by atoms with Crippen LogP contribution in [0.2, 0.25) is 0 Å². The summed E-state index contributed by atoms with van der Waals surface area (Å²) in [5.41, 5.74) is 0. The third-order valence-electron chi connectivity index (χ3n) is 0.962. The average molecular weight is 295 g/mol. The van der Waals surface area contributed by atoms with Gasteiger partial charge in [0.2, 0.25) is 0 Å². The SMILES string of the molecule is O=[AsH]c1ccc(I)cc1. The van der Waals surface area contributed by atoms with Crippen molar-refractivity contribution >= 4 is 42.6 Å². The summed E-state index contributed by atoms with van der Waals surface area (Å²) in [6.07, 6.45) is 0. The molecule has 0 saturated heterocycles. The van der Waals surface area contributed by atoms with Gasteiger partial charge in [0.05, 0.1) is 0 Å². The molecule has 0 amide bonds. The maximum atomic E-state index is 10.4. The maximum absolute atomic E-state index is 10.4. The van der Waals surface area contributed by atoms with E-state index in [0.29, 0.717) is 0 Å². The minimum atomic E-state index is -1.07. The third-order valence-corrected chi connectivity index (χ3v) is 2.88. The van der Waals surface area contributed by atoms with Gasteiger partial charge >= 0.3 is 74.2 Å². The van der Waals surface area contributed by atoms with Gasteiger partial charge in [-0.15, -0.1) is 0 Å². The van der Waals surface area contributed by atoms with E-state index in [0.717, 1.165) is 4.35 Å². The van der Waals surface area contributed by atoms with E-state index in [2.05, 4.69) is 22.6 Å². The number of hydrogen-bond donors (Lipinski definition) is 0. The van der Waals surface area contributed by atoms with E-state index < -0.39 is 15.7 Å². The Morgan fingerprint density at radius 3 is 2.22 bits per heavy atom. The Bertz CT molecular complexity index is 207. The van der Waals surface area contributed by atoms with E-state index >= 15 is 0 Å². The van der Waals surface area contributed by atoms with Gasteiger partial charge in [-0.05, 0) is 0 Å². The van der Waals surface area contributed by atoms with Crippen molar-refractivity contribution in [2.45, 2.75) is 0 Å². The quantitative estimate of drug-likeness (QED) is 0.550. The van der Waals surface area contributed by atoms with Crippen molar-refractivity contribution in [2.75, 3.05) is 0 Å². The van der Waals surface area contributed by atoms with Gasteiger partial charge in [0.15, 0.2) is 0 Å². The van der Waals surface area contributed by atoms with Crippen LogP contribution in [0.4, 0.5) is 0 Å². The summed E-state index contributed by atoms with van der Waals surface area (Å²) in [6, 6.07) is 7.76. The van der Waals surface area contributed by atoms with E-state index in [1.54, 1.807) is 0 Å². The first-order valence-electron chi connectivity index (χ1n) is 2.46. The van der Waals surface area contributed by atoms with Crippen LogP contribution in [0.1, 0.15) is 0 Å². The molecule has 0 fully saturated rings. The second-order valence-corrected chi connectivity index (χ2v) is 4.49. The Labute approximate surface area is 73.9 Å². The van der Waals surface area contributed by atoms with Gasteiger partial charge in [0, 0.05) is 0 Å². The van der Waals surface area contributed by atoms with E-state index in [-0.39, 0.29) is 0 Å². The Hall–Kier alpha value is 0.308. The molecule has 0 aliphatic carbocycles. The monoisotopic (exact) mass is 295 g/mol. The number of rotatable bonds is 1. The molecule has 0 spiro atoms. The summed E-state index contributed by atoms with van der Waals surface area (Å²) in [7, 11) is 0. The minimum absolute atomic E-state index is 0.982. The molecular formula is C6H5AsIO. The molecule has 3 heteroatoms. The summed E-state index contributed by atoms with van der Waals surface area (Å²) in [4.78, 5) is 0. The van der Waals surface area contributed by atoms with Crippen LogP contribution >= 0.6 is 22.6 Å². The second-order valence-electron chi connectivity index (χ2n) is 1.61. The van der Waals surface area contributed by atoms with Crippen LogP contribution in [-0.4, -0.2) is 15.7 Å². The van der Waals surface area contributed by atoms with E-state index in [9.17, 15) is 3.74 Å². The average Bonchev–Trinajstić information content (AvgIpc) is 1.90. The predicted octanol–water partition coefficient (Wildman–Crippen LogP) is 0.699. The molecule has 1 aromatic carbocycles. The fourth-order valence-corrected chi connectivity index (χ4v) is 1.51. The van der Waals surface area contributed by atoms with Crippen molar-refractivity contribution in [1.82, 2.24) is 0 Å². The molecule has 9 heavy (non-hydrogen) atoms. The topological polar surface area (TPSA) is 17.1 Å². The van der Waals surface area contributed by atoms with Crippen LogP contribution in [0, 0.1) is 3.57 Å². The first-order chi connectivity index (χ1) is 4.33. The molecule has 0 saturated carbocycles. The molecule has 1 rings (SSSR count). The van der Waals surface area contributed by atoms with Crippen LogP contribution in [-0.2, 0) is 3.74 Å². The molecular weight excluding hydrogens is 290 g/mol. The van der Waals surface area contributed by atoms with Crippen molar-refractivity contribution in [3.63, 3.8) is 0 Å². The molecule has 0 N–H and O–H groups in total. The Balaban J connectivity index is 3.01. The van der Waals surface area contributed by atoms with Crippen LogP contribution in [0.25, 0.3) is 0 Å². The van der Waals surface area contributed by atoms with E-state index in [1.165, 1.54) is 3.57 Å². The molecule has 1 radical (unpaired) electrons. The van der Waals surface area contributed by atoms with Crippen molar-refractivity contribution < 1.29 is 3.74 Å². The zero-order valence-electron chi connectivity index (χ0n) is 4.60. The molecule has 1 aromatic rings. The zero-order chi connectivity index (χ0) is 6.69. The van der Waals surface area contributed by atoms with Crippen LogP contribution in [0.15, 0.2) is 24.3 Å². The van der Waals surface area contributed by atoms with Crippen LogP contribution in [0.5, 0.6) is 0 Å². The molecule has 47 valence electrons. The summed E-state index contributed by atoms with van der Waals surface area (Å²) >= 11 is 1.15. The van der Waals surface area contributed by atoms with E-state index in [1.807, 2.05) is 24.3 Å². The standard InChI is InChI=1S/C6H5AsIO/c8-6-3-1-5(7-9)2-4-6/h1-4,7H. The first-order valence-corrected chi connectivity index (χ1v) is 5.45. The Morgan fingerprint density at radius 1 is 1.22 bits per heavy atom. The molecule has 0 heterocycles. The number of benzene rings is 1. The molecule has 1 unspecified atom stereocenters.